The van der Waals surface area contributed by atoms with Gasteiger partial charge in [0, 0.05) is 57.8 Å². The van der Waals surface area contributed by atoms with Crippen molar-refractivity contribution >= 4 is 17.4 Å². The quantitative estimate of drug-likeness (QED) is 0.856. The van der Waals surface area contributed by atoms with Crippen molar-refractivity contribution in [1.29, 1.82) is 0 Å². The van der Waals surface area contributed by atoms with Gasteiger partial charge >= 0.3 is 6.03 Å². The lowest BCUT2D eigenvalue weighted by molar-refractivity contribution is 0.119. The highest BCUT2D eigenvalue weighted by atomic mass is 32.1. The number of thiazole rings is 1. The van der Waals surface area contributed by atoms with Gasteiger partial charge in [-0.25, -0.2) is 14.2 Å². The number of hydrogen-bond donors (Lipinski definition) is 0. The fourth-order valence-electron chi connectivity index (χ4n) is 2.71. The van der Waals surface area contributed by atoms with Gasteiger partial charge in [0.1, 0.15) is 10.8 Å². The van der Waals surface area contributed by atoms with Crippen LogP contribution in [0.5, 0.6) is 0 Å². The van der Waals surface area contributed by atoms with Gasteiger partial charge in [-0.05, 0) is 24.3 Å². The Morgan fingerprint density at radius 1 is 1.21 bits per heavy atom. The Kier molecular flexibility index (Phi) is 5.11. The zero-order valence-electron chi connectivity index (χ0n) is 13.9. The maximum absolute atomic E-state index is 13.0. The first-order valence-electron chi connectivity index (χ1n) is 7.92. The van der Waals surface area contributed by atoms with E-state index in [1.807, 2.05) is 4.90 Å². The number of halogens is 1. The molecule has 2 aromatic rings. The Bertz CT molecular complexity index is 693. The van der Waals surface area contributed by atoms with E-state index in [9.17, 15) is 9.18 Å². The maximum atomic E-state index is 13.0. The number of aromatic nitrogens is 1. The van der Waals surface area contributed by atoms with Crippen LogP contribution in [0.15, 0.2) is 29.6 Å². The van der Waals surface area contributed by atoms with Crippen LogP contribution in [0.1, 0.15) is 5.69 Å². The standard InChI is InChI=1S/C17H21FN4OS/c1-20(2)17(23)22-9-7-21(8-10-22)11-15-12-24-16(19-15)13-3-5-14(18)6-4-13/h3-6,12H,7-11H2,1-2H3. The molecular weight excluding hydrogens is 327 g/mol. The fourth-order valence-corrected chi connectivity index (χ4v) is 3.53. The molecule has 2 amide bonds. The molecule has 1 fully saturated rings. The molecule has 2 heterocycles. The van der Waals surface area contributed by atoms with Crippen LogP contribution in [-0.4, -0.2) is 66.0 Å². The van der Waals surface area contributed by atoms with Gasteiger partial charge in [-0.2, -0.15) is 0 Å². The van der Waals surface area contributed by atoms with E-state index in [-0.39, 0.29) is 11.8 Å². The molecule has 0 bridgehead atoms. The van der Waals surface area contributed by atoms with E-state index in [4.69, 9.17) is 0 Å². The molecule has 7 heteroatoms. The zero-order valence-corrected chi connectivity index (χ0v) is 14.7. The Morgan fingerprint density at radius 3 is 2.50 bits per heavy atom. The summed E-state index contributed by atoms with van der Waals surface area (Å²) in [4.78, 5) is 22.4. The van der Waals surface area contributed by atoms with Gasteiger partial charge in [0.2, 0.25) is 0 Å². The molecule has 0 aliphatic carbocycles. The molecule has 0 saturated carbocycles. The van der Waals surface area contributed by atoms with Gasteiger partial charge in [0.25, 0.3) is 0 Å². The molecule has 0 spiro atoms. The van der Waals surface area contributed by atoms with E-state index >= 15 is 0 Å². The third-order valence-electron chi connectivity index (χ3n) is 4.05. The molecule has 24 heavy (non-hydrogen) atoms. The van der Waals surface area contributed by atoms with E-state index < -0.39 is 0 Å². The first kappa shape index (κ1) is 16.9. The Hall–Kier alpha value is -1.99. The smallest absolute Gasteiger partial charge is 0.319 e. The van der Waals surface area contributed by atoms with Crippen molar-refractivity contribution in [2.24, 2.45) is 0 Å². The molecule has 5 nitrogen and oxygen atoms in total. The number of urea groups is 1. The van der Waals surface area contributed by atoms with E-state index in [1.54, 1.807) is 42.5 Å². The molecule has 3 rings (SSSR count). The predicted octanol–water partition coefficient (Wildman–Crippen LogP) is 2.75. The van der Waals surface area contributed by atoms with Gasteiger partial charge in [-0.1, -0.05) is 0 Å². The summed E-state index contributed by atoms with van der Waals surface area (Å²) in [7, 11) is 3.56. The highest BCUT2D eigenvalue weighted by molar-refractivity contribution is 7.13. The average molecular weight is 348 g/mol. The number of nitrogens with zero attached hydrogens (tertiary/aromatic N) is 4. The minimum atomic E-state index is -0.235. The topological polar surface area (TPSA) is 39.7 Å². The van der Waals surface area contributed by atoms with Gasteiger partial charge < -0.3 is 9.80 Å². The summed E-state index contributed by atoms with van der Waals surface area (Å²) in [5.41, 5.74) is 1.96. The minimum Gasteiger partial charge on any atom is -0.331 e. The largest absolute Gasteiger partial charge is 0.331 e. The molecular formula is C17H21FN4OS. The number of amides is 2. The third-order valence-corrected chi connectivity index (χ3v) is 4.99. The molecule has 1 aliphatic rings. The van der Waals surface area contributed by atoms with Crippen molar-refractivity contribution in [2.45, 2.75) is 6.54 Å². The van der Waals surface area contributed by atoms with Crippen LogP contribution in [0.2, 0.25) is 0 Å². The van der Waals surface area contributed by atoms with Crippen LogP contribution >= 0.6 is 11.3 Å². The third kappa shape index (κ3) is 3.91. The molecule has 0 N–H and O–H groups in total. The summed E-state index contributed by atoms with van der Waals surface area (Å²) in [6.07, 6.45) is 0. The van der Waals surface area contributed by atoms with Gasteiger partial charge in [0.05, 0.1) is 5.69 Å². The summed E-state index contributed by atoms with van der Waals surface area (Å²) in [5, 5.41) is 2.96. The van der Waals surface area contributed by atoms with Crippen LogP contribution in [0.3, 0.4) is 0 Å². The van der Waals surface area contributed by atoms with Crippen molar-refractivity contribution in [3.05, 3.63) is 41.2 Å². The van der Waals surface area contributed by atoms with Gasteiger partial charge in [-0.3, -0.25) is 4.90 Å². The first-order valence-corrected chi connectivity index (χ1v) is 8.80. The lowest BCUT2D eigenvalue weighted by Crippen LogP contribution is -2.51. The monoisotopic (exact) mass is 348 g/mol. The highest BCUT2D eigenvalue weighted by Crippen LogP contribution is 2.24. The second-order valence-corrected chi connectivity index (χ2v) is 6.95. The summed E-state index contributed by atoms with van der Waals surface area (Å²) in [6.45, 7) is 3.96. The van der Waals surface area contributed by atoms with Crippen LogP contribution in [0.4, 0.5) is 9.18 Å². The van der Waals surface area contributed by atoms with E-state index in [2.05, 4.69) is 15.3 Å². The van der Waals surface area contributed by atoms with Crippen LogP contribution in [0.25, 0.3) is 10.6 Å². The van der Waals surface area contributed by atoms with Crippen LogP contribution < -0.4 is 0 Å². The predicted molar refractivity (Wildman–Crippen MR) is 93.4 cm³/mol. The van der Waals surface area contributed by atoms with Crippen molar-refractivity contribution in [1.82, 2.24) is 19.7 Å². The molecule has 0 radical (unpaired) electrons. The molecule has 128 valence electrons. The zero-order chi connectivity index (χ0) is 17.1. The molecule has 1 saturated heterocycles. The van der Waals surface area contributed by atoms with E-state index in [0.29, 0.717) is 0 Å². The first-order chi connectivity index (χ1) is 11.5. The van der Waals surface area contributed by atoms with E-state index in [1.165, 1.54) is 12.1 Å². The number of hydrogen-bond acceptors (Lipinski definition) is 4. The summed E-state index contributed by atoms with van der Waals surface area (Å²) in [5.74, 6) is -0.235. The van der Waals surface area contributed by atoms with E-state index in [0.717, 1.165) is 49.0 Å². The highest BCUT2D eigenvalue weighted by Gasteiger charge is 2.22. The number of carbonyl (C=O) groups is 1. The number of rotatable bonds is 3. The number of benzene rings is 1. The van der Waals surface area contributed by atoms with Crippen LogP contribution in [0, 0.1) is 5.82 Å². The number of carbonyl (C=O) groups excluding carboxylic acids is 1. The molecule has 1 aliphatic heterocycles. The summed E-state index contributed by atoms with van der Waals surface area (Å²) < 4.78 is 13.0. The lowest BCUT2D eigenvalue weighted by Gasteiger charge is -2.35. The fraction of sp³-hybridized carbons (Fsp3) is 0.412. The minimum absolute atomic E-state index is 0.0712. The molecule has 1 aromatic heterocycles. The molecule has 0 atom stereocenters. The van der Waals surface area contributed by atoms with Crippen molar-refractivity contribution in [3.63, 3.8) is 0 Å². The second kappa shape index (κ2) is 7.27. The van der Waals surface area contributed by atoms with Gasteiger partial charge in [0.15, 0.2) is 0 Å². The average Bonchev–Trinajstić information content (AvgIpc) is 3.04. The maximum Gasteiger partial charge on any atom is 0.319 e. The Morgan fingerprint density at radius 2 is 1.88 bits per heavy atom. The SMILES string of the molecule is CN(C)C(=O)N1CCN(Cc2csc(-c3ccc(F)cc3)n2)CC1. The molecule has 1 aromatic carbocycles. The Labute approximate surface area is 145 Å². The van der Waals surface area contributed by atoms with Crippen LogP contribution in [-0.2, 0) is 6.54 Å². The summed E-state index contributed by atoms with van der Waals surface area (Å²) in [6, 6.07) is 6.49. The normalized spacial score (nSPS) is 15.5. The van der Waals surface area contributed by atoms with Crippen molar-refractivity contribution in [2.75, 3.05) is 40.3 Å². The van der Waals surface area contributed by atoms with Crippen molar-refractivity contribution < 1.29 is 9.18 Å². The lowest BCUT2D eigenvalue weighted by atomic mass is 10.2. The second-order valence-electron chi connectivity index (χ2n) is 6.09. The van der Waals surface area contributed by atoms with Gasteiger partial charge in [-0.15, -0.1) is 11.3 Å². The molecule has 0 unspecified atom stereocenters. The van der Waals surface area contributed by atoms with Crippen molar-refractivity contribution in [3.8, 4) is 10.6 Å². The Balaban J connectivity index is 1.56. The number of piperazine rings is 1. The summed E-state index contributed by atoms with van der Waals surface area (Å²) >= 11 is 1.58.